The number of hydrogen-bond acceptors (Lipinski definition) is 3. The first-order valence-corrected chi connectivity index (χ1v) is 10.7. The van der Waals surface area contributed by atoms with Gasteiger partial charge in [-0.2, -0.15) is 0 Å². The summed E-state index contributed by atoms with van der Waals surface area (Å²) in [6.07, 6.45) is 0.236. The molecule has 1 heterocycles. The van der Waals surface area contributed by atoms with E-state index in [0.29, 0.717) is 19.6 Å². The van der Waals surface area contributed by atoms with Gasteiger partial charge in [-0.1, -0.05) is 60.7 Å². The Labute approximate surface area is 184 Å². The molecule has 1 atom stereocenters. The molecular weight excluding hydrogens is 390 g/mol. The van der Waals surface area contributed by atoms with Gasteiger partial charge in [0.2, 0.25) is 17.7 Å². The Hall–Kier alpha value is -3.15. The lowest BCUT2D eigenvalue weighted by molar-refractivity contribution is -0.132. The van der Waals surface area contributed by atoms with Gasteiger partial charge in [-0.25, -0.2) is 0 Å². The number of amides is 3. The number of benzene rings is 2. The van der Waals surface area contributed by atoms with Crippen LogP contribution in [-0.2, 0) is 14.4 Å². The average molecular weight is 422 g/mol. The van der Waals surface area contributed by atoms with Crippen LogP contribution in [0.25, 0.3) is 0 Å². The van der Waals surface area contributed by atoms with E-state index in [2.05, 4.69) is 10.6 Å². The minimum Gasteiger partial charge on any atom is -0.354 e. The maximum absolute atomic E-state index is 13.0. The highest BCUT2D eigenvalue weighted by molar-refractivity contribution is 5.90. The van der Waals surface area contributed by atoms with Gasteiger partial charge in [0, 0.05) is 31.6 Å². The maximum Gasteiger partial charge on any atom is 0.232 e. The van der Waals surface area contributed by atoms with Crippen LogP contribution in [0.4, 0.5) is 0 Å². The van der Waals surface area contributed by atoms with E-state index in [1.807, 2.05) is 81.4 Å². The second kappa shape index (κ2) is 9.77. The molecule has 0 aliphatic carbocycles. The highest BCUT2D eigenvalue weighted by Gasteiger charge is 2.39. The van der Waals surface area contributed by atoms with Crippen LogP contribution in [0.1, 0.15) is 44.2 Å². The van der Waals surface area contributed by atoms with Crippen molar-refractivity contribution in [3.8, 4) is 0 Å². The minimum atomic E-state index is -0.411. The van der Waals surface area contributed by atoms with Gasteiger partial charge in [0.05, 0.1) is 11.8 Å². The standard InChI is InChI=1S/C25H31N3O3/c1-25(2,3)28-17-20(16-21(28)29)23(30)26-14-15-27-24(31)22(18-10-6-4-7-11-18)19-12-8-5-9-13-19/h4-13,20,22H,14-17H2,1-3H3,(H,26,30)(H,27,31). The van der Waals surface area contributed by atoms with Gasteiger partial charge in [0.15, 0.2) is 0 Å². The molecule has 0 radical (unpaired) electrons. The molecule has 3 rings (SSSR count). The third kappa shape index (κ3) is 5.72. The van der Waals surface area contributed by atoms with Gasteiger partial charge >= 0.3 is 0 Å². The van der Waals surface area contributed by atoms with Crippen molar-refractivity contribution in [1.29, 1.82) is 0 Å². The summed E-state index contributed by atoms with van der Waals surface area (Å²) in [5.41, 5.74) is 1.55. The van der Waals surface area contributed by atoms with Crippen LogP contribution in [0.2, 0.25) is 0 Å². The first-order valence-electron chi connectivity index (χ1n) is 10.7. The van der Waals surface area contributed by atoms with Crippen molar-refractivity contribution in [2.45, 2.75) is 38.6 Å². The first kappa shape index (κ1) is 22.5. The van der Waals surface area contributed by atoms with E-state index in [4.69, 9.17) is 0 Å². The molecule has 2 aromatic rings. The van der Waals surface area contributed by atoms with E-state index in [1.165, 1.54) is 0 Å². The third-order valence-corrected chi connectivity index (χ3v) is 5.56. The molecule has 1 unspecified atom stereocenters. The van der Waals surface area contributed by atoms with E-state index in [9.17, 15) is 14.4 Å². The van der Waals surface area contributed by atoms with E-state index in [-0.39, 0.29) is 35.6 Å². The highest BCUT2D eigenvalue weighted by Crippen LogP contribution is 2.26. The van der Waals surface area contributed by atoms with Gasteiger partial charge < -0.3 is 15.5 Å². The van der Waals surface area contributed by atoms with Gasteiger partial charge in [-0.15, -0.1) is 0 Å². The molecule has 1 aliphatic rings. The van der Waals surface area contributed by atoms with E-state index >= 15 is 0 Å². The fraction of sp³-hybridized carbons (Fsp3) is 0.400. The fourth-order valence-corrected chi connectivity index (χ4v) is 3.94. The highest BCUT2D eigenvalue weighted by atomic mass is 16.2. The van der Waals surface area contributed by atoms with Crippen LogP contribution in [0.5, 0.6) is 0 Å². The van der Waals surface area contributed by atoms with Crippen molar-refractivity contribution in [2.24, 2.45) is 5.92 Å². The molecule has 3 amide bonds. The summed E-state index contributed by atoms with van der Waals surface area (Å²) in [4.78, 5) is 39.4. The van der Waals surface area contributed by atoms with Gasteiger partial charge in [0.1, 0.15) is 0 Å². The normalized spacial score (nSPS) is 16.5. The van der Waals surface area contributed by atoms with Crippen LogP contribution >= 0.6 is 0 Å². The predicted molar refractivity (Wildman–Crippen MR) is 120 cm³/mol. The minimum absolute atomic E-state index is 0.00881. The van der Waals surface area contributed by atoms with Crippen molar-refractivity contribution in [1.82, 2.24) is 15.5 Å². The Kier molecular flexibility index (Phi) is 7.10. The maximum atomic E-state index is 13.0. The van der Waals surface area contributed by atoms with Crippen LogP contribution in [-0.4, -0.2) is 47.8 Å². The molecule has 6 heteroatoms. The molecule has 2 N–H and O–H groups in total. The number of hydrogen-bond donors (Lipinski definition) is 2. The average Bonchev–Trinajstić information content (AvgIpc) is 3.15. The van der Waals surface area contributed by atoms with E-state index in [1.54, 1.807) is 4.90 Å². The predicted octanol–water partition coefficient (Wildman–Crippen LogP) is 2.70. The quantitative estimate of drug-likeness (QED) is 0.675. The van der Waals surface area contributed by atoms with E-state index < -0.39 is 5.92 Å². The zero-order chi connectivity index (χ0) is 22.4. The number of likely N-dealkylation sites (tertiary alicyclic amines) is 1. The van der Waals surface area contributed by atoms with Crippen molar-refractivity contribution >= 4 is 17.7 Å². The van der Waals surface area contributed by atoms with E-state index in [0.717, 1.165) is 11.1 Å². The van der Waals surface area contributed by atoms with Gasteiger partial charge in [0.25, 0.3) is 0 Å². The third-order valence-electron chi connectivity index (χ3n) is 5.56. The zero-order valence-electron chi connectivity index (χ0n) is 18.4. The molecule has 6 nitrogen and oxygen atoms in total. The molecule has 164 valence electrons. The van der Waals surface area contributed by atoms with Crippen molar-refractivity contribution < 1.29 is 14.4 Å². The summed E-state index contributed by atoms with van der Waals surface area (Å²) >= 11 is 0. The zero-order valence-corrected chi connectivity index (χ0v) is 18.4. The van der Waals surface area contributed by atoms with Crippen LogP contribution in [0.15, 0.2) is 60.7 Å². The number of rotatable bonds is 7. The van der Waals surface area contributed by atoms with Crippen molar-refractivity contribution in [2.75, 3.05) is 19.6 Å². The monoisotopic (exact) mass is 421 g/mol. The smallest absolute Gasteiger partial charge is 0.232 e. The summed E-state index contributed by atoms with van der Waals surface area (Å²) < 4.78 is 0. The molecule has 1 saturated heterocycles. The molecule has 0 saturated carbocycles. The summed E-state index contributed by atoms with van der Waals surface area (Å²) in [5.74, 6) is -0.997. The van der Waals surface area contributed by atoms with Crippen LogP contribution in [0.3, 0.4) is 0 Å². The summed E-state index contributed by atoms with van der Waals surface area (Å²) in [5, 5.41) is 5.79. The molecule has 1 aliphatic heterocycles. The Bertz CT molecular complexity index is 867. The number of nitrogens with zero attached hydrogens (tertiary/aromatic N) is 1. The largest absolute Gasteiger partial charge is 0.354 e. The molecule has 2 aromatic carbocycles. The topological polar surface area (TPSA) is 78.5 Å². The molecule has 0 bridgehead atoms. The number of nitrogens with one attached hydrogen (secondary N) is 2. The molecule has 31 heavy (non-hydrogen) atoms. The van der Waals surface area contributed by atoms with Crippen molar-refractivity contribution in [3.63, 3.8) is 0 Å². The fourth-order valence-electron chi connectivity index (χ4n) is 3.94. The second-order valence-corrected chi connectivity index (χ2v) is 8.91. The SMILES string of the molecule is CC(C)(C)N1CC(C(=O)NCCNC(=O)C(c2ccccc2)c2ccccc2)CC1=O. The Balaban J connectivity index is 1.53. The molecule has 1 fully saturated rings. The summed E-state index contributed by atoms with van der Waals surface area (Å²) in [6, 6.07) is 19.3. The summed E-state index contributed by atoms with van der Waals surface area (Å²) in [7, 11) is 0. The Morgan fingerprint density at radius 3 is 1.94 bits per heavy atom. The van der Waals surface area contributed by atoms with Crippen LogP contribution < -0.4 is 10.6 Å². The summed E-state index contributed by atoms with van der Waals surface area (Å²) in [6.45, 7) is 6.99. The lowest BCUT2D eigenvalue weighted by Crippen LogP contribution is -2.43. The number of carbonyl (C=O) groups excluding carboxylic acids is 3. The Morgan fingerprint density at radius 2 is 1.45 bits per heavy atom. The second-order valence-electron chi connectivity index (χ2n) is 8.91. The molecule has 0 spiro atoms. The Morgan fingerprint density at radius 1 is 0.935 bits per heavy atom. The lowest BCUT2D eigenvalue weighted by atomic mass is 9.90. The molecule has 0 aromatic heterocycles. The first-order chi connectivity index (χ1) is 14.8. The van der Waals surface area contributed by atoms with Gasteiger partial charge in [-0.3, -0.25) is 14.4 Å². The van der Waals surface area contributed by atoms with Gasteiger partial charge in [-0.05, 0) is 31.9 Å². The van der Waals surface area contributed by atoms with Crippen molar-refractivity contribution in [3.05, 3.63) is 71.8 Å². The number of carbonyl (C=O) groups is 3. The lowest BCUT2D eigenvalue weighted by Gasteiger charge is -2.31. The van der Waals surface area contributed by atoms with Crippen LogP contribution in [0, 0.1) is 5.92 Å². The molecular formula is C25H31N3O3.